The molecule has 2 aromatic carbocycles. The number of fused-ring (bicyclic) bond motifs is 1. The van der Waals surface area contributed by atoms with E-state index in [1.807, 2.05) is 47.4 Å². The zero-order valence-electron chi connectivity index (χ0n) is 26.5. The van der Waals surface area contributed by atoms with Gasteiger partial charge in [0.15, 0.2) is 5.66 Å². The Kier molecular flexibility index (Phi) is 10.2. The van der Waals surface area contributed by atoms with Crippen molar-refractivity contribution in [1.82, 2.24) is 19.6 Å². The number of hydrogen-bond acceptors (Lipinski definition) is 6. The Labute approximate surface area is 288 Å². The van der Waals surface area contributed by atoms with E-state index < -0.39 is 11.8 Å². The number of anilines is 1. The Morgan fingerprint density at radius 1 is 1.00 bits per heavy atom. The number of carbonyl (C=O) groups is 3. The van der Waals surface area contributed by atoms with Crippen molar-refractivity contribution in [1.29, 1.82) is 0 Å². The van der Waals surface area contributed by atoms with Crippen molar-refractivity contribution in [3.05, 3.63) is 62.5 Å². The number of carbonyl (C=O) groups excluding carboxylic acids is 2. The number of halogens is 2. The van der Waals surface area contributed by atoms with Gasteiger partial charge in [-0.05, 0) is 95.0 Å². The first kappa shape index (κ1) is 33.5. The average Bonchev–Trinajstić information content (AvgIpc) is 3.22. The molecule has 3 saturated heterocycles. The van der Waals surface area contributed by atoms with E-state index >= 15 is 0 Å². The van der Waals surface area contributed by atoms with E-state index in [-0.39, 0.29) is 29.5 Å². The van der Waals surface area contributed by atoms with Crippen molar-refractivity contribution in [2.75, 3.05) is 64.7 Å². The largest absolute Gasteiger partial charge is 0.515 e. The zero-order valence-corrected chi connectivity index (χ0v) is 29.7. The van der Waals surface area contributed by atoms with Crippen LogP contribution in [-0.4, -0.2) is 125 Å². The molecule has 2 N–H and O–H groups in total. The Balaban J connectivity index is 1.35. The summed E-state index contributed by atoms with van der Waals surface area (Å²) in [5, 5.41) is 14.4. The molecule has 4 aliphatic heterocycles. The van der Waals surface area contributed by atoms with Crippen molar-refractivity contribution >= 4 is 56.0 Å². The van der Waals surface area contributed by atoms with Gasteiger partial charge in [-0.3, -0.25) is 4.90 Å². The number of amides is 3. The highest BCUT2D eigenvalue weighted by atomic mass is 79.9. The highest BCUT2D eigenvalue weighted by Gasteiger charge is 2.64. The Morgan fingerprint density at radius 2 is 1.74 bits per heavy atom. The third kappa shape index (κ3) is 6.41. The maximum absolute atomic E-state index is 13.8. The molecule has 3 fully saturated rings. The summed E-state index contributed by atoms with van der Waals surface area (Å²) in [6, 6.07) is 13.9. The van der Waals surface area contributed by atoms with Gasteiger partial charge >= 0.3 is 12.1 Å². The number of para-hydroxylation sites is 1. The lowest BCUT2D eigenvalue weighted by Gasteiger charge is -2.59. The summed E-state index contributed by atoms with van der Waals surface area (Å²) in [6.07, 6.45) is 4.00. The van der Waals surface area contributed by atoms with Crippen LogP contribution in [0.25, 0.3) is 0 Å². The third-order valence-electron chi connectivity index (χ3n) is 11.1. The standard InChI is InChI=1S/C34H44Br2N6O4/c1-38-13-9-27(10-14-38)39-16-18-40(19-17-39)34(12-21-43)23-28(41-15-8-26-4-2-3-5-31(26)37-32(41)44)11-20-42(34,33(45)46)24-25-6-7-29(35)30(36)22-25/h2-7,21-22,27-28H,8-20,23-24H2,1H3,(H-,37,44,45,46)/p+1/t28?,34?,42-/m0/s1. The number of likely N-dealkylation sites (tertiary alicyclic amines) is 2. The number of rotatable bonds is 7. The summed E-state index contributed by atoms with van der Waals surface area (Å²) in [4.78, 5) is 49.4. The van der Waals surface area contributed by atoms with E-state index in [0.29, 0.717) is 51.5 Å². The van der Waals surface area contributed by atoms with Crippen LogP contribution in [0.15, 0.2) is 51.4 Å². The molecule has 3 atom stereocenters. The highest BCUT2D eigenvalue weighted by molar-refractivity contribution is 9.13. The van der Waals surface area contributed by atoms with Crippen LogP contribution < -0.4 is 5.32 Å². The molecule has 46 heavy (non-hydrogen) atoms. The number of quaternary nitrogens is 1. The molecule has 6 rings (SSSR count). The van der Waals surface area contributed by atoms with Gasteiger partial charge in [-0.1, -0.05) is 24.3 Å². The lowest BCUT2D eigenvalue weighted by atomic mass is 9.82. The van der Waals surface area contributed by atoms with Crippen LogP contribution in [0, 0.1) is 0 Å². The minimum Gasteiger partial charge on any atom is -0.435 e. The van der Waals surface area contributed by atoms with E-state index in [0.717, 1.165) is 71.1 Å². The second-order valence-corrected chi connectivity index (χ2v) is 15.2. The van der Waals surface area contributed by atoms with Crippen LogP contribution in [-0.2, 0) is 17.8 Å². The van der Waals surface area contributed by atoms with Crippen molar-refractivity contribution in [2.45, 2.75) is 62.8 Å². The lowest BCUT2D eigenvalue weighted by molar-refractivity contribution is -0.942. The number of piperidine rings is 2. The minimum atomic E-state index is -1.02. The molecule has 2 unspecified atom stereocenters. The Morgan fingerprint density at radius 3 is 2.43 bits per heavy atom. The van der Waals surface area contributed by atoms with Gasteiger partial charge < -0.3 is 25.0 Å². The second kappa shape index (κ2) is 14.0. The molecule has 2 aromatic rings. The number of aldehydes is 1. The van der Waals surface area contributed by atoms with E-state index in [9.17, 15) is 19.5 Å². The number of benzene rings is 2. The fourth-order valence-electron chi connectivity index (χ4n) is 8.54. The summed E-state index contributed by atoms with van der Waals surface area (Å²) < 4.78 is 1.49. The van der Waals surface area contributed by atoms with Crippen LogP contribution in [0.4, 0.5) is 15.3 Å². The molecular weight excluding hydrogens is 716 g/mol. The fourth-order valence-corrected chi connectivity index (χ4v) is 9.21. The third-order valence-corrected chi connectivity index (χ3v) is 13.0. The number of hydrogen-bond donors (Lipinski definition) is 2. The number of urea groups is 1. The highest BCUT2D eigenvalue weighted by Crippen LogP contribution is 2.45. The number of nitrogens with zero attached hydrogens (tertiary/aromatic N) is 5. The van der Waals surface area contributed by atoms with Crippen molar-refractivity contribution in [2.24, 2.45) is 0 Å². The fraction of sp³-hybridized carbons (Fsp3) is 0.559. The lowest BCUT2D eigenvalue weighted by Crippen LogP contribution is -2.79. The zero-order chi connectivity index (χ0) is 32.5. The maximum Gasteiger partial charge on any atom is 0.515 e. The maximum atomic E-state index is 13.8. The molecule has 0 bridgehead atoms. The van der Waals surface area contributed by atoms with Gasteiger partial charge in [0.25, 0.3) is 0 Å². The van der Waals surface area contributed by atoms with Crippen molar-refractivity contribution in [3.63, 3.8) is 0 Å². The topological polar surface area (TPSA) is 96.4 Å². The molecule has 3 amide bonds. The molecule has 4 aliphatic rings. The van der Waals surface area contributed by atoms with E-state index in [4.69, 9.17) is 0 Å². The van der Waals surface area contributed by atoms with Crippen molar-refractivity contribution in [3.8, 4) is 0 Å². The van der Waals surface area contributed by atoms with E-state index in [1.54, 1.807) is 0 Å². The summed E-state index contributed by atoms with van der Waals surface area (Å²) in [7, 11) is 2.17. The van der Waals surface area contributed by atoms with Gasteiger partial charge in [0.2, 0.25) is 0 Å². The molecule has 0 radical (unpaired) electrons. The first-order valence-corrected chi connectivity index (χ1v) is 18.1. The minimum absolute atomic E-state index is 0.0808. The molecule has 4 heterocycles. The quantitative estimate of drug-likeness (QED) is 0.286. The van der Waals surface area contributed by atoms with Crippen LogP contribution in [0.3, 0.4) is 0 Å². The number of carboxylic acid groups (broad SMARTS) is 1. The molecule has 10 nitrogen and oxygen atoms in total. The van der Waals surface area contributed by atoms with Gasteiger partial charge in [0.1, 0.15) is 12.8 Å². The Bertz CT molecular complexity index is 1450. The van der Waals surface area contributed by atoms with Crippen LogP contribution in [0.5, 0.6) is 0 Å². The second-order valence-electron chi connectivity index (χ2n) is 13.5. The summed E-state index contributed by atoms with van der Waals surface area (Å²) in [5.74, 6) is 0. The molecule has 0 aromatic heterocycles. The summed E-state index contributed by atoms with van der Waals surface area (Å²) in [6.45, 7) is 6.31. The molecule has 0 spiro atoms. The van der Waals surface area contributed by atoms with Crippen LogP contribution in [0.2, 0.25) is 0 Å². The summed E-state index contributed by atoms with van der Waals surface area (Å²) >= 11 is 7.16. The smallest absolute Gasteiger partial charge is 0.435 e. The molecule has 0 aliphatic carbocycles. The molecule has 12 heteroatoms. The first-order chi connectivity index (χ1) is 22.2. The van der Waals surface area contributed by atoms with Crippen molar-refractivity contribution < 1.29 is 24.0 Å². The monoisotopic (exact) mass is 759 g/mol. The van der Waals surface area contributed by atoms with Gasteiger partial charge in [0.05, 0.1) is 13.0 Å². The normalized spacial score (nSPS) is 28.7. The molecule has 0 saturated carbocycles. The predicted molar refractivity (Wildman–Crippen MR) is 185 cm³/mol. The summed E-state index contributed by atoms with van der Waals surface area (Å²) in [5.41, 5.74) is 1.79. The Hall–Kier alpha value is -2.35. The van der Waals surface area contributed by atoms with E-state index in [1.165, 1.54) is 0 Å². The number of nitrogens with one attached hydrogen (secondary N) is 1. The first-order valence-electron chi connectivity index (χ1n) is 16.5. The van der Waals surface area contributed by atoms with Gasteiger partial charge in [-0.2, -0.15) is 4.79 Å². The van der Waals surface area contributed by atoms with Gasteiger partial charge in [-0.15, -0.1) is 0 Å². The van der Waals surface area contributed by atoms with Crippen LogP contribution >= 0.6 is 31.9 Å². The average molecular weight is 762 g/mol. The van der Waals surface area contributed by atoms with Crippen LogP contribution in [0.1, 0.15) is 43.2 Å². The van der Waals surface area contributed by atoms with E-state index in [2.05, 4.69) is 58.9 Å². The molecular formula is C34H45Br2N6O4+. The SMILES string of the molecule is CN1CCC(N2CCN(C3(CC=O)CC(N4CCc5ccccc5NC4=O)CC[N@+]3(Cc3ccc(Br)c(Br)c3)C(=O)O)CC2)CC1. The van der Waals surface area contributed by atoms with Gasteiger partial charge in [0, 0.05) is 77.8 Å². The van der Waals surface area contributed by atoms with Gasteiger partial charge in [-0.25, -0.2) is 14.2 Å². The number of piperazine rings is 1. The predicted octanol–water partition coefficient (Wildman–Crippen LogP) is 5.46. The molecule has 248 valence electrons.